The van der Waals surface area contributed by atoms with E-state index in [1.807, 2.05) is 72.8 Å². The zero-order valence-corrected chi connectivity index (χ0v) is 17.7. The van der Waals surface area contributed by atoms with Crippen molar-refractivity contribution < 1.29 is 14.3 Å². The minimum absolute atomic E-state index is 0.0784. The zero-order valence-electron chi connectivity index (χ0n) is 17.7. The van der Waals surface area contributed by atoms with Crippen LogP contribution in [0.1, 0.15) is 28.5 Å². The summed E-state index contributed by atoms with van der Waals surface area (Å²) in [6.07, 6.45) is 8.75. The highest BCUT2D eigenvalue weighted by Crippen LogP contribution is 2.25. The number of nitrogens with one attached hydrogen (secondary N) is 2. The van der Waals surface area contributed by atoms with Crippen LogP contribution in [0, 0.1) is 0 Å². The van der Waals surface area contributed by atoms with Gasteiger partial charge in [0, 0.05) is 11.1 Å². The lowest BCUT2D eigenvalue weighted by Crippen LogP contribution is -2.43. The average Bonchev–Trinajstić information content (AvgIpc) is 3.30. The van der Waals surface area contributed by atoms with E-state index in [0.29, 0.717) is 17.1 Å². The van der Waals surface area contributed by atoms with Gasteiger partial charge in [-0.2, -0.15) is 5.10 Å². The van der Waals surface area contributed by atoms with Crippen LogP contribution in [0.3, 0.4) is 0 Å². The van der Waals surface area contributed by atoms with Crippen LogP contribution in [0.2, 0.25) is 0 Å². The first-order valence-electron chi connectivity index (χ1n) is 10.3. The Kier molecular flexibility index (Phi) is 6.46. The van der Waals surface area contributed by atoms with E-state index in [2.05, 4.69) is 16.0 Å². The molecule has 32 heavy (non-hydrogen) atoms. The molecular formula is C25H24N4O3. The molecule has 0 radical (unpaired) electrons. The maximum Gasteiger partial charge on any atom is 0.287 e. The third-order valence-corrected chi connectivity index (χ3v) is 5.17. The molecule has 1 aliphatic carbocycles. The number of rotatable bonds is 6. The van der Waals surface area contributed by atoms with Crippen LogP contribution < -0.4 is 15.6 Å². The van der Waals surface area contributed by atoms with E-state index in [-0.39, 0.29) is 18.4 Å². The molecule has 0 bridgehead atoms. The number of hydrogen-bond acceptors (Lipinski definition) is 4. The molecule has 7 heteroatoms. The number of para-hydroxylation sites is 1. The first-order chi connectivity index (χ1) is 15.7. The number of hydrogen-bond donors (Lipinski definition) is 2. The SMILES string of the molecule is COc1ccccc1CC(=O)NNC(=O)c1cc(-c2ccccc2)nn1C1C=CC=CC1. The van der Waals surface area contributed by atoms with Crippen LogP contribution in [0.25, 0.3) is 11.3 Å². The molecule has 0 saturated carbocycles. The van der Waals surface area contributed by atoms with Crippen LogP contribution in [-0.4, -0.2) is 28.7 Å². The van der Waals surface area contributed by atoms with Crippen molar-refractivity contribution >= 4 is 11.8 Å². The fourth-order valence-electron chi connectivity index (χ4n) is 3.57. The van der Waals surface area contributed by atoms with Crippen LogP contribution in [0.15, 0.2) is 85.0 Å². The largest absolute Gasteiger partial charge is 0.496 e. The molecule has 1 heterocycles. The van der Waals surface area contributed by atoms with Crippen molar-refractivity contribution in [3.05, 3.63) is 96.2 Å². The zero-order chi connectivity index (χ0) is 22.3. The van der Waals surface area contributed by atoms with Gasteiger partial charge >= 0.3 is 0 Å². The Morgan fingerprint density at radius 2 is 1.84 bits per heavy atom. The van der Waals surface area contributed by atoms with Crippen LogP contribution >= 0.6 is 0 Å². The topological polar surface area (TPSA) is 85.2 Å². The van der Waals surface area contributed by atoms with Gasteiger partial charge in [0.2, 0.25) is 5.91 Å². The molecule has 1 aliphatic rings. The van der Waals surface area contributed by atoms with E-state index in [4.69, 9.17) is 4.74 Å². The standard InChI is InChI=1S/C25H24N4O3/c1-32-23-15-9-8-12-19(23)16-24(30)26-27-25(31)22-17-21(18-10-4-2-5-11-18)28-29(22)20-13-6-3-7-14-20/h2-13,15,17,20H,14,16H2,1H3,(H,26,30)(H,27,31). The molecule has 2 amide bonds. The van der Waals surface area contributed by atoms with Gasteiger partial charge < -0.3 is 4.74 Å². The molecule has 0 spiro atoms. The molecule has 3 aromatic rings. The summed E-state index contributed by atoms with van der Waals surface area (Å²) in [4.78, 5) is 25.4. The van der Waals surface area contributed by atoms with E-state index < -0.39 is 5.91 Å². The van der Waals surface area contributed by atoms with Gasteiger partial charge in [0.15, 0.2) is 0 Å². The van der Waals surface area contributed by atoms with Crippen molar-refractivity contribution in [3.8, 4) is 17.0 Å². The molecule has 1 aromatic heterocycles. The highest BCUT2D eigenvalue weighted by atomic mass is 16.5. The Hall–Kier alpha value is -4.13. The van der Waals surface area contributed by atoms with Gasteiger partial charge in [-0.25, -0.2) is 0 Å². The summed E-state index contributed by atoms with van der Waals surface area (Å²) in [7, 11) is 1.55. The number of carbonyl (C=O) groups is 2. The summed E-state index contributed by atoms with van der Waals surface area (Å²) < 4.78 is 6.98. The molecule has 2 N–H and O–H groups in total. The number of benzene rings is 2. The Balaban J connectivity index is 1.50. The maximum absolute atomic E-state index is 13.0. The Morgan fingerprint density at radius 3 is 2.59 bits per heavy atom. The van der Waals surface area contributed by atoms with Gasteiger partial charge in [-0.1, -0.05) is 72.8 Å². The Labute approximate surface area is 186 Å². The summed E-state index contributed by atoms with van der Waals surface area (Å²) in [5.41, 5.74) is 7.72. The van der Waals surface area contributed by atoms with Crippen molar-refractivity contribution in [1.29, 1.82) is 0 Å². The highest BCUT2D eigenvalue weighted by Gasteiger charge is 2.21. The normalized spacial score (nSPS) is 14.7. The molecule has 1 unspecified atom stereocenters. The minimum Gasteiger partial charge on any atom is -0.496 e. The summed E-state index contributed by atoms with van der Waals surface area (Å²) in [6, 6.07) is 18.6. The lowest BCUT2D eigenvalue weighted by molar-refractivity contribution is -0.121. The summed E-state index contributed by atoms with van der Waals surface area (Å²) in [5.74, 6) is -0.162. The predicted octanol–water partition coefficient (Wildman–Crippen LogP) is 3.62. The number of hydrazine groups is 1. The second-order valence-electron chi connectivity index (χ2n) is 7.33. The first-order valence-corrected chi connectivity index (χ1v) is 10.3. The molecule has 0 aliphatic heterocycles. The van der Waals surface area contributed by atoms with Gasteiger partial charge in [-0.15, -0.1) is 0 Å². The van der Waals surface area contributed by atoms with E-state index >= 15 is 0 Å². The summed E-state index contributed by atoms with van der Waals surface area (Å²) in [6.45, 7) is 0. The predicted molar refractivity (Wildman–Crippen MR) is 122 cm³/mol. The number of amides is 2. The van der Waals surface area contributed by atoms with E-state index in [9.17, 15) is 9.59 Å². The lowest BCUT2D eigenvalue weighted by Gasteiger charge is -2.17. The second kappa shape index (κ2) is 9.78. The fourth-order valence-corrected chi connectivity index (χ4v) is 3.57. The van der Waals surface area contributed by atoms with E-state index in [1.54, 1.807) is 23.9 Å². The molecule has 0 fully saturated rings. The molecule has 162 valence electrons. The molecule has 0 saturated heterocycles. The van der Waals surface area contributed by atoms with Gasteiger partial charge in [-0.3, -0.25) is 25.1 Å². The second-order valence-corrected chi connectivity index (χ2v) is 7.33. The highest BCUT2D eigenvalue weighted by molar-refractivity contribution is 5.95. The Bertz CT molecular complexity index is 1160. The fraction of sp³-hybridized carbons (Fsp3) is 0.160. The minimum atomic E-state index is -0.434. The van der Waals surface area contributed by atoms with Gasteiger partial charge in [0.05, 0.1) is 25.3 Å². The van der Waals surface area contributed by atoms with Crippen LogP contribution in [0.4, 0.5) is 0 Å². The van der Waals surface area contributed by atoms with Crippen molar-refractivity contribution in [3.63, 3.8) is 0 Å². The van der Waals surface area contributed by atoms with E-state index in [1.165, 1.54) is 0 Å². The first kappa shape index (κ1) is 21.1. The smallest absolute Gasteiger partial charge is 0.287 e. The third-order valence-electron chi connectivity index (χ3n) is 5.17. The number of aromatic nitrogens is 2. The van der Waals surface area contributed by atoms with Gasteiger partial charge in [-0.05, 0) is 18.6 Å². The van der Waals surface area contributed by atoms with Crippen molar-refractivity contribution in [1.82, 2.24) is 20.6 Å². The van der Waals surface area contributed by atoms with Gasteiger partial charge in [0.25, 0.3) is 5.91 Å². The molecule has 2 aromatic carbocycles. The summed E-state index contributed by atoms with van der Waals surface area (Å²) in [5, 5.41) is 4.68. The van der Waals surface area contributed by atoms with Crippen molar-refractivity contribution in [2.75, 3.05) is 7.11 Å². The Morgan fingerprint density at radius 1 is 1.06 bits per heavy atom. The molecule has 7 nitrogen and oxygen atoms in total. The van der Waals surface area contributed by atoms with E-state index in [0.717, 1.165) is 17.5 Å². The number of nitrogens with zero attached hydrogens (tertiary/aromatic N) is 2. The number of allylic oxidation sites excluding steroid dienone is 4. The van der Waals surface area contributed by atoms with Crippen molar-refractivity contribution in [2.45, 2.75) is 18.9 Å². The average molecular weight is 428 g/mol. The molecule has 4 rings (SSSR count). The summed E-state index contributed by atoms with van der Waals surface area (Å²) >= 11 is 0. The quantitative estimate of drug-likeness (QED) is 0.588. The number of carbonyl (C=O) groups excluding carboxylic acids is 2. The molecular weight excluding hydrogens is 404 g/mol. The van der Waals surface area contributed by atoms with Crippen molar-refractivity contribution in [2.24, 2.45) is 0 Å². The monoisotopic (exact) mass is 428 g/mol. The number of ether oxygens (including phenoxy) is 1. The lowest BCUT2D eigenvalue weighted by atomic mass is 10.1. The van der Waals surface area contributed by atoms with Gasteiger partial charge in [0.1, 0.15) is 11.4 Å². The number of methoxy groups -OCH3 is 1. The maximum atomic E-state index is 13.0. The third kappa shape index (κ3) is 4.78. The van der Waals surface area contributed by atoms with Crippen LogP contribution in [-0.2, 0) is 11.2 Å². The molecule has 1 atom stereocenters. The van der Waals surface area contributed by atoms with Crippen LogP contribution in [0.5, 0.6) is 5.75 Å².